The van der Waals surface area contributed by atoms with E-state index in [9.17, 15) is 4.79 Å². The summed E-state index contributed by atoms with van der Waals surface area (Å²) in [4.78, 5) is 12.1. The molecule has 1 fully saturated rings. The van der Waals surface area contributed by atoms with Gasteiger partial charge in [-0.3, -0.25) is 4.79 Å². The van der Waals surface area contributed by atoms with E-state index in [1.807, 2.05) is 44.2 Å². The van der Waals surface area contributed by atoms with E-state index in [4.69, 9.17) is 4.74 Å². The number of ether oxygens (including phenoxy) is 1. The molecule has 5 heteroatoms. The molecular formula is C22H29N3O2. The Morgan fingerprint density at radius 1 is 1.19 bits per heavy atom. The number of hydrogen-bond donors (Lipinski definition) is 2. The third-order valence-corrected chi connectivity index (χ3v) is 4.83. The number of carbonyl (C=O) groups excluding carboxylic acids is 1. The lowest BCUT2D eigenvalue weighted by Crippen LogP contribution is -2.38. The van der Waals surface area contributed by atoms with Gasteiger partial charge < -0.3 is 10.1 Å². The Hall–Kier alpha value is -2.40. The van der Waals surface area contributed by atoms with Crippen molar-refractivity contribution in [2.45, 2.75) is 58.1 Å². The first kappa shape index (κ1) is 19.4. The van der Waals surface area contributed by atoms with Gasteiger partial charge in [-0.15, -0.1) is 0 Å². The van der Waals surface area contributed by atoms with Crippen molar-refractivity contribution in [1.29, 1.82) is 0 Å². The normalized spacial score (nSPS) is 15.5. The summed E-state index contributed by atoms with van der Waals surface area (Å²) in [7, 11) is 0. The van der Waals surface area contributed by atoms with Gasteiger partial charge in [0.15, 0.2) is 0 Å². The molecule has 2 aromatic carbocycles. The number of nitrogens with zero attached hydrogens (tertiary/aromatic N) is 1. The van der Waals surface area contributed by atoms with Crippen LogP contribution in [0.15, 0.2) is 41.5 Å². The second-order valence-electron chi connectivity index (χ2n) is 7.37. The van der Waals surface area contributed by atoms with E-state index in [0.29, 0.717) is 12.6 Å². The fraction of sp³-hybridized carbons (Fsp3) is 0.455. The maximum absolute atomic E-state index is 12.1. The average Bonchev–Trinajstić information content (AvgIpc) is 2.68. The van der Waals surface area contributed by atoms with E-state index in [0.717, 1.165) is 34.9 Å². The van der Waals surface area contributed by atoms with Gasteiger partial charge in [-0.2, -0.15) is 5.10 Å². The van der Waals surface area contributed by atoms with Crippen LogP contribution in [0.3, 0.4) is 0 Å². The van der Waals surface area contributed by atoms with Crippen LogP contribution in [-0.4, -0.2) is 30.8 Å². The summed E-state index contributed by atoms with van der Waals surface area (Å²) < 4.78 is 5.92. The van der Waals surface area contributed by atoms with E-state index in [2.05, 4.69) is 21.9 Å². The van der Waals surface area contributed by atoms with Gasteiger partial charge in [0.2, 0.25) is 0 Å². The van der Waals surface area contributed by atoms with Gasteiger partial charge in [-0.25, -0.2) is 5.43 Å². The second kappa shape index (κ2) is 9.51. The molecular weight excluding hydrogens is 338 g/mol. The third kappa shape index (κ3) is 5.54. The number of carbonyl (C=O) groups is 1. The van der Waals surface area contributed by atoms with Crippen molar-refractivity contribution in [1.82, 2.24) is 10.7 Å². The van der Waals surface area contributed by atoms with Crippen molar-refractivity contribution >= 4 is 22.9 Å². The molecule has 2 aromatic rings. The van der Waals surface area contributed by atoms with Gasteiger partial charge in [0, 0.05) is 11.6 Å². The highest BCUT2D eigenvalue weighted by Gasteiger charge is 2.14. The number of fused-ring (bicyclic) bond motifs is 1. The topological polar surface area (TPSA) is 62.7 Å². The first-order valence-electron chi connectivity index (χ1n) is 9.87. The number of rotatable bonds is 7. The SMILES string of the molecule is CC(C)Oc1ccc2ccccc2c1/C=N\NC(=O)CNC1CCCCC1. The predicted octanol–water partition coefficient (Wildman–Crippen LogP) is 4.00. The van der Waals surface area contributed by atoms with Gasteiger partial charge >= 0.3 is 0 Å². The second-order valence-corrected chi connectivity index (χ2v) is 7.37. The Morgan fingerprint density at radius 3 is 2.74 bits per heavy atom. The summed E-state index contributed by atoms with van der Waals surface area (Å²) in [6, 6.07) is 12.5. The predicted molar refractivity (Wildman–Crippen MR) is 110 cm³/mol. The van der Waals surface area contributed by atoms with Crippen LogP contribution in [0.1, 0.15) is 51.5 Å². The van der Waals surface area contributed by atoms with Crippen molar-refractivity contribution in [3.05, 3.63) is 42.0 Å². The monoisotopic (exact) mass is 367 g/mol. The molecule has 0 aliphatic heterocycles. The molecule has 0 radical (unpaired) electrons. The van der Waals surface area contributed by atoms with Crippen molar-refractivity contribution in [2.75, 3.05) is 6.54 Å². The maximum atomic E-state index is 12.1. The summed E-state index contributed by atoms with van der Waals surface area (Å²) in [5.74, 6) is 0.644. The van der Waals surface area contributed by atoms with E-state index in [1.54, 1.807) is 6.21 Å². The molecule has 0 saturated heterocycles. The van der Waals surface area contributed by atoms with Crippen molar-refractivity contribution in [2.24, 2.45) is 5.10 Å². The minimum absolute atomic E-state index is 0.0626. The smallest absolute Gasteiger partial charge is 0.254 e. The summed E-state index contributed by atoms with van der Waals surface area (Å²) in [6.07, 6.45) is 7.85. The van der Waals surface area contributed by atoms with Crippen LogP contribution in [0.4, 0.5) is 0 Å². The molecule has 0 bridgehead atoms. The van der Waals surface area contributed by atoms with Gasteiger partial charge in [0.1, 0.15) is 5.75 Å². The molecule has 0 heterocycles. The Bertz CT molecular complexity index is 795. The lowest BCUT2D eigenvalue weighted by Gasteiger charge is -2.22. The fourth-order valence-corrected chi connectivity index (χ4v) is 3.52. The quantitative estimate of drug-likeness (QED) is 0.574. The van der Waals surface area contributed by atoms with Crippen LogP contribution in [0.2, 0.25) is 0 Å². The molecule has 2 N–H and O–H groups in total. The molecule has 0 spiro atoms. The molecule has 0 atom stereocenters. The third-order valence-electron chi connectivity index (χ3n) is 4.83. The van der Waals surface area contributed by atoms with Gasteiger partial charge in [-0.05, 0) is 43.5 Å². The summed E-state index contributed by atoms with van der Waals surface area (Å²) in [5.41, 5.74) is 3.51. The number of benzene rings is 2. The van der Waals surface area contributed by atoms with Crippen LogP contribution >= 0.6 is 0 Å². The molecule has 1 aliphatic carbocycles. The van der Waals surface area contributed by atoms with Crippen molar-refractivity contribution in [3.8, 4) is 5.75 Å². The summed E-state index contributed by atoms with van der Waals surface area (Å²) >= 11 is 0. The standard InChI is InChI=1S/C22H29N3O2/c1-16(2)27-21-13-12-17-8-6-7-11-19(17)20(21)14-24-25-22(26)15-23-18-9-4-3-5-10-18/h6-8,11-14,16,18,23H,3-5,9-10,15H2,1-2H3,(H,25,26)/b24-14-. The molecule has 0 unspecified atom stereocenters. The van der Waals surface area contributed by atoms with Crippen LogP contribution in [0.25, 0.3) is 10.8 Å². The molecule has 1 amide bonds. The Labute approximate surface area is 161 Å². The van der Waals surface area contributed by atoms with E-state index >= 15 is 0 Å². The van der Waals surface area contributed by atoms with Crippen LogP contribution in [0, 0.1) is 0 Å². The van der Waals surface area contributed by atoms with Crippen LogP contribution < -0.4 is 15.5 Å². The van der Waals surface area contributed by atoms with Crippen LogP contribution in [-0.2, 0) is 4.79 Å². The molecule has 27 heavy (non-hydrogen) atoms. The molecule has 1 saturated carbocycles. The van der Waals surface area contributed by atoms with E-state index in [1.165, 1.54) is 19.3 Å². The number of hydrazone groups is 1. The van der Waals surface area contributed by atoms with Gasteiger partial charge in [-0.1, -0.05) is 49.6 Å². The minimum Gasteiger partial charge on any atom is -0.490 e. The lowest BCUT2D eigenvalue weighted by atomic mass is 9.95. The minimum atomic E-state index is -0.122. The molecule has 5 nitrogen and oxygen atoms in total. The average molecular weight is 367 g/mol. The highest BCUT2D eigenvalue weighted by molar-refractivity contribution is 6.02. The van der Waals surface area contributed by atoms with Crippen LogP contribution in [0.5, 0.6) is 5.75 Å². The van der Waals surface area contributed by atoms with E-state index in [-0.39, 0.29) is 12.0 Å². The first-order valence-corrected chi connectivity index (χ1v) is 9.87. The summed E-state index contributed by atoms with van der Waals surface area (Å²) in [6.45, 7) is 4.29. The zero-order valence-corrected chi connectivity index (χ0v) is 16.2. The largest absolute Gasteiger partial charge is 0.490 e. The molecule has 144 valence electrons. The highest BCUT2D eigenvalue weighted by Crippen LogP contribution is 2.27. The number of amides is 1. The van der Waals surface area contributed by atoms with E-state index < -0.39 is 0 Å². The molecule has 1 aliphatic rings. The lowest BCUT2D eigenvalue weighted by molar-refractivity contribution is -0.120. The summed E-state index contributed by atoms with van der Waals surface area (Å²) in [5, 5.41) is 9.67. The number of hydrogen-bond acceptors (Lipinski definition) is 4. The highest BCUT2D eigenvalue weighted by atomic mass is 16.5. The Balaban J connectivity index is 1.66. The Kier molecular flexibility index (Phi) is 6.82. The van der Waals surface area contributed by atoms with Crippen molar-refractivity contribution in [3.63, 3.8) is 0 Å². The number of nitrogens with one attached hydrogen (secondary N) is 2. The van der Waals surface area contributed by atoms with Crippen molar-refractivity contribution < 1.29 is 9.53 Å². The van der Waals surface area contributed by atoms with Gasteiger partial charge in [0.25, 0.3) is 5.91 Å². The maximum Gasteiger partial charge on any atom is 0.254 e. The molecule has 0 aromatic heterocycles. The Morgan fingerprint density at radius 2 is 1.96 bits per heavy atom. The first-order chi connectivity index (χ1) is 13.1. The van der Waals surface area contributed by atoms with Gasteiger partial charge in [0.05, 0.1) is 18.9 Å². The zero-order valence-electron chi connectivity index (χ0n) is 16.2. The fourth-order valence-electron chi connectivity index (χ4n) is 3.52. The molecule has 3 rings (SSSR count). The zero-order chi connectivity index (χ0) is 19.1.